The van der Waals surface area contributed by atoms with Crippen molar-refractivity contribution in [1.82, 2.24) is 0 Å². The van der Waals surface area contributed by atoms with Crippen LogP contribution < -0.4 is 0 Å². The van der Waals surface area contributed by atoms with Gasteiger partial charge in [0, 0.05) is 11.6 Å². The average molecular weight is 291 g/mol. The number of hydrogen-bond donors (Lipinski definition) is 0. The number of carbonyl (C=O) groups is 1. The Labute approximate surface area is 124 Å². The van der Waals surface area contributed by atoms with Crippen molar-refractivity contribution in [3.05, 3.63) is 39.4 Å². The van der Waals surface area contributed by atoms with E-state index in [-0.39, 0.29) is 17.9 Å². The number of ether oxygens (including phenoxy) is 1. The second-order valence-corrected chi connectivity index (χ2v) is 5.53. The van der Waals surface area contributed by atoms with E-state index < -0.39 is 10.9 Å². The Morgan fingerprint density at radius 3 is 2.67 bits per heavy atom. The number of rotatable bonds is 5. The van der Waals surface area contributed by atoms with Gasteiger partial charge in [0.2, 0.25) is 0 Å². The molecule has 0 atom stereocenters. The molecule has 1 aliphatic carbocycles. The maximum atomic E-state index is 11.7. The van der Waals surface area contributed by atoms with Gasteiger partial charge in [-0.2, -0.15) is 0 Å². The summed E-state index contributed by atoms with van der Waals surface area (Å²) in [7, 11) is 0. The molecule has 1 saturated carbocycles. The minimum absolute atomic E-state index is 0.0335. The first-order valence-electron chi connectivity index (χ1n) is 7.56. The van der Waals surface area contributed by atoms with E-state index in [2.05, 4.69) is 0 Å². The Morgan fingerprint density at radius 2 is 2.05 bits per heavy atom. The van der Waals surface area contributed by atoms with Crippen molar-refractivity contribution in [2.24, 2.45) is 5.92 Å². The van der Waals surface area contributed by atoms with E-state index in [9.17, 15) is 14.9 Å². The molecule has 2 rings (SSSR count). The molecular formula is C16H21NO4. The van der Waals surface area contributed by atoms with Crippen LogP contribution >= 0.6 is 0 Å². The summed E-state index contributed by atoms with van der Waals surface area (Å²) < 4.78 is 4.89. The second-order valence-electron chi connectivity index (χ2n) is 5.53. The van der Waals surface area contributed by atoms with Crippen molar-refractivity contribution < 1.29 is 14.5 Å². The summed E-state index contributed by atoms with van der Waals surface area (Å²) in [6, 6.07) is 4.68. The van der Waals surface area contributed by atoms with E-state index in [0.29, 0.717) is 5.92 Å². The van der Waals surface area contributed by atoms with Crippen molar-refractivity contribution in [2.45, 2.75) is 45.4 Å². The quantitative estimate of drug-likeness (QED) is 0.469. The van der Waals surface area contributed by atoms with Crippen molar-refractivity contribution >= 4 is 11.7 Å². The fourth-order valence-electron chi connectivity index (χ4n) is 2.95. The molecular weight excluding hydrogens is 270 g/mol. The van der Waals surface area contributed by atoms with Gasteiger partial charge in [0.25, 0.3) is 5.69 Å². The second kappa shape index (κ2) is 7.20. The standard InChI is InChI=1S/C16H21NO4/c1-2-21-16(18)14-9-8-13(15(11-14)17(19)20)10-12-6-4-3-5-7-12/h8-9,11-12H,2-7,10H2,1H3. The molecule has 21 heavy (non-hydrogen) atoms. The lowest BCUT2D eigenvalue weighted by Gasteiger charge is -2.21. The van der Waals surface area contributed by atoms with E-state index >= 15 is 0 Å². The van der Waals surface area contributed by atoms with E-state index in [1.165, 1.54) is 25.3 Å². The first-order valence-corrected chi connectivity index (χ1v) is 7.56. The van der Waals surface area contributed by atoms with Crippen molar-refractivity contribution in [1.29, 1.82) is 0 Å². The number of carbonyl (C=O) groups excluding carboxylic acids is 1. The summed E-state index contributed by atoms with van der Waals surface area (Å²) in [5.74, 6) is 0.00992. The number of hydrogen-bond acceptors (Lipinski definition) is 4. The zero-order valence-electron chi connectivity index (χ0n) is 12.3. The monoisotopic (exact) mass is 291 g/mol. The molecule has 0 radical (unpaired) electrons. The molecule has 114 valence electrons. The Bertz CT molecular complexity index is 521. The normalized spacial score (nSPS) is 15.7. The third-order valence-corrected chi connectivity index (χ3v) is 4.03. The van der Waals surface area contributed by atoms with Crippen LogP contribution in [0.25, 0.3) is 0 Å². The third kappa shape index (κ3) is 4.03. The molecule has 0 aromatic heterocycles. The molecule has 0 unspecified atom stereocenters. The van der Waals surface area contributed by atoms with E-state index in [1.807, 2.05) is 0 Å². The van der Waals surface area contributed by atoms with Gasteiger partial charge in [0.05, 0.1) is 17.1 Å². The van der Waals surface area contributed by atoms with E-state index in [4.69, 9.17) is 4.74 Å². The highest BCUT2D eigenvalue weighted by molar-refractivity contribution is 5.90. The molecule has 0 amide bonds. The molecule has 0 spiro atoms. The number of nitro groups is 1. The van der Waals surface area contributed by atoms with Crippen LogP contribution in [0.2, 0.25) is 0 Å². The van der Waals surface area contributed by atoms with Crippen LogP contribution in [0.15, 0.2) is 18.2 Å². The summed E-state index contributed by atoms with van der Waals surface area (Å²) in [6.45, 7) is 1.97. The first-order chi connectivity index (χ1) is 10.1. The zero-order valence-corrected chi connectivity index (χ0v) is 12.3. The van der Waals surface area contributed by atoms with Crippen LogP contribution in [0.5, 0.6) is 0 Å². The molecule has 0 saturated heterocycles. The van der Waals surface area contributed by atoms with Crippen LogP contribution in [0, 0.1) is 16.0 Å². The van der Waals surface area contributed by atoms with E-state index in [1.54, 1.807) is 19.1 Å². The SMILES string of the molecule is CCOC(=O)c1ccc(CC2CCCCC2)c([N+](=O)[O-])c1. The van der Waals surface area contributed by atoms with Crippen LogP contribution in [-0.4, -0.2) is 17.5 Å². The minimum atomic E-state index is -0.509. The predicted octanol–water partition coefficient (Wildman–Crippen LogP) is 3.89. The van der Waals surface area contributed by atoms with Gasteiger partial charge >= 0.3 is 5.97 Å². The highest BCUT2D eigenvalue weighted by Crippen LogP contribution is 2.30. The maximum Gasteiger partial charge on any atom is 0.338 e. The smallest absolute Gasteiger partial charge is 0.338 e. The zero-order chi connectivity index (χ0) is 15.2. The van der Waals surface area contributed by atoms with Gasteiger partial charge in [-0.15, -0.1) is 0 Å². The molecule has 1 aromatic rings. The molecule has 0 aliphatic heterocycles. The lowest BCUT2D eigenvalue weighted by atomic mass is 9.84. The van der Waals surface area contributed by atoms with E-state index in [0.717, 1.165) is 24.8 Å². The summed E-state index contributed by atoms with van der Waals surface area (Å²) in [4.78, 5) is 22.5. The van der Waals surface area contributed by atoms with Gasteiger partial charge in [0.1, 0.15) is 0 Å². The number of nitrogens with zero attached hydrogens (tertiary/aromatic N) is 1. The first kappa shape index (κ1) is 15.5. The Kier molecular flexibility index (Phi) is 5.31. The Hall–Kier alpha value is -1.91. The number of benzene rings is 1. The molecule has 5 heteroatoms. The Balaban J connectivity index is 2.20. The number of nitro benzene ring substituents is 1. The topological polar surface area (TPSA) is 69.4 Å². The van der Waals surface area contributed by atoms with Crippen LogP contribution in [-0.2, 0) is 11.2 Å². The van der Waals surface area contributed by atoms with Crippen molar-refractivity contribution in [3.8, 4) is 0 Å². The third-order valence-electron chi connectivity index (χ3n) is 4.03. The van der Waals surface area contributed by atoms with Gasteiger partial charge in [-0.1, -0.05) is 38.2 Å². The minimum Gasteiger partial charge on any atom is -0.462 e. The molecule has 0 heterocycles. The fraction of sp³-hybridized carbons (Fsp3) is 0.562. The van der Waals surface area contributed by atoms with Gasteiger partial charge in [-0.05, 0) is 25.3 Å². The van der Waals surface area contributed by atoms with Gasteiger partial charge in [0.15, 0.2) is 0 Å². The van der Waals surface area contributed by atoms with Crippen molar-refractivity contribution in [3.63, 3.8) is 0 Å². The molecule has 5 nitrogen and oxygen atoms in total. The molecule has 1 fully saturated rings. The maximum absolute atomic E-state index is 11.7. The summed E-state index contributed by atoms with van der Waals surface area (Å²) in [5, 5.41) is 11.2. The van der Waals surface area contributed by atoms with Crippen LogP contribution in [0.1, 0.15) is 54.9 Å². The van der Waals surface area contributed by atoms with Gasteiger partial charge in [-0.3, -0.25) is 10.1 Å². The Morgan fingerprint density at radius 1 is 1.33 bits per heavy atom. The largest absolute Gasteiger partial charge is 0.462 e. The predicted molar refractivity (Wildman–Crippen MR) is 79.3 cm³/mol. The molecule has 0 bridgehead atoms. The highest BCUT2D eigenvalue weighted by atomic mass is 16.6. The van der Waals surface area contributed by atoms with Crippen LogP contribution in [0.3, 0.4) is 0 Å². The molecule has 1 aliphatic rings. The van der Waals surface area contributed by atoms with Gasteiger partial charge in [-0.25, -0.2) is 4.79 Å². The summed E-state index contributed by atoms with van der Waals surface area (Å²) in [6.07, 6.45) is 6.67. The van der Waals surface area contributed by atoms with Gasteiger partial charge < -0.3 is 4.74 Å². The van der Waals surface area contributed by atoms with Crippen LogP contribution in [0.4, 0.5) is 5.69 Å². The lowest BCUT2D eigenvalue weighted by molar-refractivity contribution is -0.385. The summed E-state index contributed by atoms with van der Waals surface area (Å²) in [5.41, 5.74) is 1.00. The molecule has 0 N–H and O–H groups in total. The highest BCUT2D eigenvalue weighted by Gasteiger charge is 2.22. The fourth-order valence-corrected chi connectivity index (χ4v) is 2.95. The number of esters is 1. The van der Waals surface area contributed by atoms with Crippen molar-refractivity contribution in [2.75, 3.05) is 6.61 Å². The lowest BCUT2D eigenvalue weighted by Crippen LogP contribution is -2.11. The average Bonchev–Trinajstić information content (AvgIpc) is 2.48. The molecule has 1 aromatic carbocycles. The summed E-state index contributed by atoms with van der Waals surface area (Å²) >= 11 is 0.